The first kappa shape index (κ1) is 21.1. The highest BCUT2D eigenvalue weighted by Crippen LogP contribution is 2.33. The Hall–Kier alpha value is -3.18. The fourth-order valence-electron chi connectivity index (χ4n) is 3.68. The lowest BCUT2D eigenvalue weighted by Gasteiger charge is -2.20. The molecule has 0 fully saturated rings. The second-order valence-electron chi connectivity index (χ2n) is 7.80. The van der Waals surface area contributed by atoms with Crippen LogP contribution < -0.4 is 9.64 Å². The Labute approximate surface area is 187 Å². The van der Waals surface area contributed by atoms with Gasteiger partial charge in [0.25, 0.3) is 0 Å². The van der Waals surface area contributed by atoms with E-state index in [1.807, 2.05) is 60.4 Å². The van der Waals surface area contributed by atoms with Gasteiger partial charge in [0.2, 0.25) is 5.91 Å². The Bertz CT molecular complexity index is 1230. The maximum Gasteiger partial charge on any atom is 0.233 e. The summed E-state index contributed by atoms with van der Waals surface area (Å²) in [5.74, 6) is 0.858. The molecule has 0 spiro atoms. The Morgan fingerprint density at radius 1 is 0.968 bits per heavy atom. The maximum absolute atomic E-state index is 13.5. The highest BCUT2D eigenvalue weighted by Gasteiger charge is 2.21. The summed E-state index contributed by atoms with van der Waals surface area (Å²) in [6, 6.07) is 20.2. The molecule has 5 heteroatoms. The predicted molar refractivity (Wildman–Crippen MR) is 128 cm³/mol. The van der Waals surface area contributed by atoms with Gasteiger partial charge in [0.05, 0.1) is 30.3 Å². The van der Waals surface area contributed by atoms with Crippen molar-refractivity contribution in [3.8, 4) is 5.75 Å². The quantitative estimate of drug-likeness (QED) is 0.376. The summed E-state index contributed by atoms with van der Waals surface area (Å²) in [5, 5.41) is 0.739. The molecule has 4 nitrogen and oxygen atoms in total. The van der Waals surface area contributed by atoms with E-state index in [0.29, 0.717) is 13.0 Å². The number of benzene rings is 3. The number of methoxy groups -OCH3 is 1. The van der Waals surface area contributed by atoms with Crippen LogP contribution in [0.25, 0.3) is 10.2 Å². The minimum atomic E-state index is 0.0295. The third kappa shape index (κ3) is 4.47. The van der Waals surface area contributed by atoms with E-state index in [1.54, 1.807) is 18.4 Å². The number of nitrogens with zero attached hydrogens (tertiary/aromatic N) is 2. The fourth-order valence-corrected chi connectivity index (χ4v) is 4.72. The molecule has 31 heavy (non-hydrogen) atoms. The van der Waals surface area contributed by atoms with Crippen LogP contribution in [0.4, 0.5) is 5.13 Å². The Kier molecular flexibility index (Phi) is 6.05. The molecule has 0 atom stereocenters. The molecular weight excluding hydrogens is 404 g/mol. The van der Waals surface area contributed by atoms with Crippen molar-refractivity contribution in [1.82, 2.24) is 4.98 Å². The monoisotopic (exact) mass is 430 g/mol. The van der Waals surface area contributed by atoms with Crippen LogP contribution in [-0.2, 0) is 17.8 Å². The number of hydrogen-bond donors (Lipinski definition) is 0. The molecular formula is C26H26N2O2S. The summed E-state index contributed by atoms with van der Waals surface area (Å²) in [7, 11) is 1.66. The number of rotatable bonds is 6. The van der Waals surface area contributed by atoms with Gasteiger partial charge in [0.1, 0.15) is 5.75 Å². The third-order valence-corrected chi connectivity index (χ3v) is 6.65. The summed E-state index contributed by atoms with van der Waals surface area (Å²) >= 11 is 1.57. The van der Waals surface area contributed by atoms with E-state index < -0.39 is 0 Å². The number of fused-ring (bicyclic) bond motifs is 1. The van der Waals surface area contributed by atoms with Crippen LogP contribution in [-0.4, -0.2) is 18.0 Å². The van der Waals surface area contributed by atoms with Crippen molar-refractivity contribution in [1.29, 1.82) is 0 Å². The van der Waals surface area contributed by atoms with Gasteiger partial charge < -0.3 is 4.74 Å². The van der Waals surface area contributed by atoms with E-state index >= 15 is 0 Å². The second-order valence-corrected chi connectivity index (χ2v) is 8.81. The smallest absolute Gasteiger partial charge is 0.233 e. The second kappa shape index (κ2) is 8.90. The molecule has 0 radical (unpaired) electrons. The Balaban J connectivity index is 1.69. The zero-order valence-electron chi connectivity index (χ0n) is 18.3. The van der Waals surface area contributed by atoms with Crippen LogP contribution in [0, 0.1) is 20.8 Å². The molecule has 0 aliphatic rings. The largest absolute Gasteiger partial charge is 0.496 e. The van der Waals surface area contributed by atoms with E-state index in [9.17, 15) is 4.79 Å². The first-order valence-corrected chi connectivity index (χ1v) is 11.1. The maximum atomic E-state index is 13.5. The average molecular weight is 431 g/mol. The third-order valence-electron chi connectivity index (χ3n) is 5.60. The summed E-state index contributed by atoms with van der Waals surface area (Å²) in [6.07, 6.45) is 0.311. The predicted octanol–water partition coefficient (Wildman–Crippen LogP) is 6.01. The number of ether oxygens (including phenoxy) is 1. The topological polar surface area (TPSA) is 42.4 Å². The van der Waals surface area contributed by atoms with Crippen molar-refractivity contribution in [2.75, 3.05) is 12.0 Å². The van der Waals surface area contributed by atoms with Gasteiger partial charge >= 0.3 is 0 Å². The molecule has 158 valence electrons. The van der Waals surface area contributed by atoms with Crippen LogP contribution in [0.3, 0.4) is 0 Å². The molecule has 1 heterocycles. The van der Waals surface area contributed by atoms with Gasteiger partial charge in [0, 0.05) is 0 Å². The minimum Gasteiger partial charge on any atom is -0.496 e. The first-order valence-electron chi connectivity index (χ1n) is 10.3. The van der Waals surface area contributed by atoms with Crippen molar-refractivity contribution in [3.63, 3.8) is 0 Å². The van der Waals surface area contributed by atoms with Crippen molar-refractivity contribution in [2.45, 2.75) is 33.7 Å². The SMILES string of the molecule is COc1ccc(CC(=O)N(Cc2ccccc2)c2nc3c(C)c(C)ccc3s2)cc1C. The number of aromatic nitrogens is 1. The van der Waals surface area contributed by atoms with E-state index in [0.717, 1.165) is 43.4 Å². The molecule has 4 aromatic rings. The summed E-state index contributed by atoms with van der Waals surface area (Å²) in [4.78, 5) is 20.2. The first-order chi connectivity index (χ1) is 15.0. The molecule has 0 saturated carbocycles. The van der Waals surface area contributed by atoms with Crippen LogP contribution in [0.15, 0.2) is 60.7 Å². The number of carbonyl (C=O) groups is 1. The van der Waals surface area contributed by atoms with Crippen molar-refractivity contribution in [3.05, 3.63) is 88.5 Å². The standard InChI is InChI=1S/C26H26N2O2S/c1-17-10-13-23-25(19(17)3)27-26(31-23)28(16-20-8-6-5-7-9-20)24(29)15-21-11-12-22(30-4)18(2)14-21/h5-14H,15-16H2,1-4H3. The van der Waals surface area contributed by atoms with Gasteiger partial charge in [-0.1, -0.05) is 59.9 Å². The number of carbonyl (C=O) groups excluding carboxylic acids is 1. The molecule has 0 unspecified atom stereocenters. The number of aryl methyl sites for hydroxylation is 3. The van der Waals surface area contributed by atoms with Gasteiger partial charge in [-0.05, 0) is 60.7 Å². The molecule has 1 aromatic heterocycles. The fraction of sp³-hybridized carbons (Fsp3) is 0.231. The van der Waals surface area contributed by atoms with Gasteiger partial charge in [0.15, 0.2) is 5.13 Å². The highest BCUT2D eigenvalue weighted by atomic mass is 32.1. The highest BCUT2D eigenvalue weighted by molar-refractivity contribution is 7.22. The van der Waals surface area contributed by atoms with E-state index in [-0.39, 0.29) is 5.91 Å². The Morgan fingerprint density at radius 3 is 2.45 bits per heavy atom. The molecule has 0 aliphatic heterocycles. The van der Waals surface area contributed by atoms with E-state index in [4.69, 9.17) is 9.72 Å². The molecule has 0 aliphatic carbocycles. The number of hydrogen-bond acceptors (Lipinski definition) is 4. The van der Waals surface area contributed by atoms with Gasteiger partial charge in [-0.3, -0.25) is 9.69 Å². The lowest BCUT2D eigenvalue weighted by atomic mass is 10.1. The van der Waals surface area contributed by atoms with Gasteiger partial charge in [-0.2, -0.15) is 0 Å². The molecule has 3 aromatic carbocycles. The van der Waals surface area contributed by atoms with Gasteiger partial charge in [-0.25, -0.2) is 4.98 Å². The molecule has 0 N–H and O–H groups in total. The van der Waals surface area contributed by atoms with Crippen LogP contribution in [0.1, 0.15) is 27.8 Å². The molecule has 4 rings (SSSR count). The lowest BCUT2D eigenvalue weighted by molar-refractivity contribution is -0.118. The number of thiazole rings is 1. The van der Waals surface area contributed by atoms with Gasteiger partial charge in [-0.15, -0.1) is 0 Å². The van der Waals surface area contributed by atoms with E-state index in [2.05, 4.69) is 26.0 Å². The normalized spacial score (nSPS) is 11.0. The number of amides is 1. The lowest BCUT2D eigenvalue weighted by Crippen LogP contribution is -2.31. The molecule has 0 bridgehead atoms. The molecule has 1 amide bonds. The number of anilines is 1. The summed E-state index contributed by atoms with van der Waals surface area (Å²) in [6.45, 7) is 6.66. The van der Waals surface area contributed by atoms with Crippen LogP contribution >= 0.6 is 11.3 Å². The van der Waals surface area contributed by atoms with Crippen molar-refractivity contribution in [2.24, 2.45) is 0 Å². The van der Waals surface area contributed by atoms with Crippen molar-refractivity contribution >= 4 is 32.6 Å². The van der Waals surface area contributed by atoms with Crippen molar-refractivity contribution < 1.29 is 9.53 Å². The van der Waals surface area contributed by atoms with Crippen LogP contribution in [0.2, 0.25) is 0 Å². The van der Waals surface area contributed by atoms with E-state index in [1.165, 1.54) is 5.56 Å². The average Bonchev–Trinajstić information content (AvgIpc) is 3.20. The minimum absolute atomic E-state index is 0.0295. The van der Waals surface area contributed by atoms with Crippen LogP contribution in [0.5, 0.6) is 5.75 Å². The zero-order chi connectivity index (χ0) is 22.0. The zero-order valence-corrected chi connectivity index (χ0v) is 19.1. The summed E-state index contributed by atoms with van der Waals surface area (Å²) in [5.41, 5.74) is 6.42. The summed E-state index contributed by atoms with van der Waals surface area (Å²) < 4.78 is 6.45. The molecule has 0 saturated heterocycles. The Morgan fingerprint density at radius 2 is 1.74 bits per heavy atom.